The van der Waals surface area contributed by atoms with Crippen molar-refractivity contribution in [2.45, 2.75) is 32.7 Å². The minimum Gasteiger partial charge on any atom is -0.462 e. The Hall–Kier alpha value is -2.31. The zero-order chi connectivity index (χ0) is 20.8. The summed E-state index contributed by atoms with van der Waals surface area (Å²) in [5, 5.41) is 7.19. The Morgan fingerprint density at radius 2 is 2.10 bits per heavy atom. The number of hydrogen-bond donors (Lipinski definition) is 2. The first-order valence-corrected chi connectivity index (χ1v) is 10.6. The highest BCUT2D eigenvalue weighted by molar-refractivity contribution is 7.80. The Morgan fingerprint density at radius 3 is 2.90 bits per heavy atom. The number of carbonyl (C=O) groups is 1. The zero-order valence-corrected chi connectivity index (χ0v) is 18.3. The van der Waals surface area contributed by atoms with Gasteiger partial charge in [0.25, 0.3) is 0 Å². The second-order valence-corrected chi connectivity index (χ2v) is 7.84. The molecule has 0 bridgehead atoms. The molecule has 154 valence electrons. The third-order valence-corrected chi connectivity index (χ3v) is 5.51. The average molecular weight is 432 g/mol. The predicted molar refractivity (Wildman–Crippen MR) is 123 cm³/mol. The largest absolute Gasteiger partial charge is 0.462 e. The first kappa shape index (κ1) is 21.4. The maximum absolute atomic E-state index is 12.0. The summed E-state index contributed by atoms with van der Waals surface area (Å²) < 4.78 is 5.03. The van der Waals surface area contributed by atoms with Gasteiger partial charge in [0.1, 0.15) is 0 Å². The van der Waals surface area contributed by atoms with E-state index in [1.165, 1.54) is 11.3 Å². The number of halogens is 1. The van der Waals surface area contributed by atoms with E-state index < -0.39 is 5.97 Å². The molecule has 0 saturated carbocycles. The van der Waals surface area contributed by atoms with Crippen LogP contribution in [0.5, 0.6) is 0 Å². The highest BCUT2D eigenvalue weighted by Crippen LogP contribution is 2.31. The summed E-state index contributed by atoms with van der Waals surface area (Å²) in [6.07, 6.45) is 2.07. The molecule has 1 aliphatic heterocycles. The molecule has 2 aromatic rings. The molecule has 1 heterocycles. The molecule has 2 N–H and O–H groups in total. The molecule has 0 amide bonds. The van der Waals surface area contributed by atoms with Gasteiger partial charge in [-0.1, -0.05) is 29.8 Å². The molecule has 1 aliphatic rings. The summed E-state index contributed by atoms with van der Waals surface area (Å²) in [4.78, 5) is 14.4. The number of carbonyl (C=O) groups excluding carboxylic acids is 1. The lowest BCUT2D eigenvalue weighted by Crippen LogP contribution is -2.34. The molecule has 5 nitrogen and oxygen atoms in total. The van der Waals surface area contributed by atoms with Crippen molar-refractivity contribution >= 4 is 46.3 Å². The van der Waals surface area contributed by atoms with Gasteiger partial charge in [-0.05, 0) is 68.7 Å². The number of para-hydroxylation sites is 1. The Morgan fingerprint density at radius 1 is 1.31 bits per heavy atom. The number of nitrogens with zero attached hydrogens (tertiary/aromatic N) is 1. The van der Waals surface area contributed by atoms with Crippen molar-refractivity contribution in [3.63, 3.8) is 0 Å². The number of hydrogen-bond acceptors (Lipinski definition) is 4. The fourth-order valence-corrected chi connectivity index (χ4v) is 3.98. The molecule has 29 heavy (non-hydrogen) atoms. The number of anilines is 2. The van der Waals surface area contributed by atoms with Crippen LogP contribution in [0.15, 0.2) is 42.5 Å². The van der Waals surface area contributed by atoms with Crippen molar-refractivity contribution in [1.29, 1.82) is 0 Å². The Kier molecular flexibility index (Phi) is 7.34. The Labute approximate surface area is 182 Å². The van der Waals surface area contributed by atoms with Gasteiger partial charge in [-0.3, -0.25) is 0 Å². The van der Waals surface area contributed by atoms with Crippen molar-refractivity contribution in [2.75, 3.05) is 29.9 Å². The monoisotopic (exact) mass is 431 g/mol. The lowest BCUT2D eigenvalue weighted by molar-refractivity contribution is 0.0526. The molecule has 0 aliphatic carbocycles. The quantitative estimate of drug-likeness (QED) is 0.378. The standard InChI is InChI=1S/C22H26ClN3O2S/c1-3-28-21(27)18-14-17(9-10-19(18)23)25-22(29)24-11-6-12-26-15(2)13-16-7-4-5-8-20(16)26/h4-5,7-10,14-15H,3,6,11-13H2,1-2H3,(H2,24,25,29). The summed E-state index contributed by atoms with van der Waals surface area (Å²) in [5.74, 6) is -0.444. The van der Waals surface area contributed by atoms with Crippen LogP contribution in [0.4, 0.5) is 11.4 Å². The molecule has 0 fully saturated rings. The van der Waals surface area contributed by atoms with Crippen LogP contribution < -0.4 is 15.5 Å². The molecule has 1 atom stereocenters. The maximum atomic E-state index is 12.0. The summed E-state index contributed by atoms with van der Waals surface area (Å²) in [7, 11) is 0. The molecule has 1 unspecified atom stereocenters. The van der Waals surface area contributed by atoms with Crippen molar-refractivity contribution in [3.8, 4) is 0 Å². The van der Waals surface area contributed by atoms with Crippen molar-refractivity contribution in [3.05, 3.63) is 58.6 Å². The minimum atomic E-state index is -0.444. The topological polar surface area (TPSA) is 53.6 Å². The van der Waals surface area contributed by atoms with Gasteiger partial charge in [0.2, 0.25) is 0 Å². The summed E-state index contributed by atoms with van der Waals surface area (Å²) in [6, 6.07) is 14.2. The van der Waals surface area contributed by atoms with Crippen LogP contribution in [0.25, 0.3) is 0 Å². The number of benzene rings is 2. The molecular weight excluding hydrogens is 406 g/mol. The van der Waals surface area contributed by atoms with Crippen LogP contribution in [0.2, 0.25) is 5.02 Å². The number of nitrogens with one attached hydrogen (secondary N) is 2. The molecular formula is C22H26ClN3O2S. The fourth-order valence-electron chi connectivity index (χ4n) is 3.57. The maximum Gasteiger partial charge on any atom is 0.339 e. The van der Waals surface area contributed by atoms with Gasteiger partial charge in [0.15, 0.2) is 5.11 Å². The Bertz CT molecular complexity index is 890. The molecule has 7 heteroatoms. The smallest absolute Gasteiger partial charge is 0.339 e. The minimum absolute atomic E-state index is 0.299. The second kappa shape index (κ2) is 9.94. The summed E-state index contributed by atoms with van der Waals surface area (Å²) in [5.41, 5.74) is 3.78. The van der Waals surface area contributed by atoms with Crippen molar-refractivity contribution < 1.29 is 9.53 Å². The van der Waals surface area contributed by atoms with E-state index >= 15 is 0 Å². The molecule has 0 radical (unpaired) electrons. The normalized spacial score (nSPS) is 15.0. The van der Waals surface area contributed by atoms with E-state index in [0.717, 1.165) is 25.9 Å². The van der Waals surface area contributed by atoms with Crippen molar-refractivity contribution in [2.24, 2.45) is 0 Å². The van der Waals surface area contributed by atoms with E-state index in [4.69, 9.17) is 28.6 Å². The highest BCUT2D eigenvalue weighted by atomic mass is 35.5. The molecule has 3 rings (SSSR count). The fraction of sp³-hybridized carbons (Fsp3) is 0.364. The first-order valence-electron chi connectivity index (χ1n) is 9.85. The van der Waals surface area contributed by atoms with E-state index in [-0.39, 0.29) is 0 Å². The predicted octanol–water partition coefficient (Wildman–Crippen LogP) is 4.64. The highest BCUT2D eigenvalue weighted by Gasteiger charge is 2.24. The van der Waals surface area contributed by atoms with Gasteiger partial charge in [-0.15, -0.1) is 0 Å². The SMILES string of the molecule is CCOC(=O)c1cc(NC(=S)NCCCN2c3ccccc3CC2C)ccc1Cl. The number of ether oxygens (including phenoxy) is 1. The summed E-state index contributed by atoms with van der Waals surface area (Å²) >= 11 is 11.5. The lowest BCUT2D eigenvalue weighted by Gasteiger charge is -2.25. The number of esters is 1. The molecule has 2 aromatic carbocycles. The number of rotatable bonds is 7. The van der Waals surface area contributed by atoms with Crippen LogP contribution in [0.1, 0.15) is 36.2 Å². The van der Waals surface area contributed by atoms with Gasteiger partial charge >= 0.3 is 5.97 Å². The average Bonchev–Trinajstić information content (AvgIpc) is 3.02. The number of fused-ring (bicyclic) bond motifs is 1. The molecule has 0 spiro atoms. The number of thiocarbonyl (C=S) groups is 1. The third kappa shape index (κ3) is 5.40. The zero-order valence-electron chi connectivity index (χ0n) is 16.7. The van der Waals surface area contributed by atoms with Crippen molar-refractivity contribution in [1.82, 2.24) is 5.32 Å². The van der Waals surface area contributed by atoms with E-state index in [0.29, 0.717) is 34.0 Å². The Balaban J connectivity index is 1.47. The lowest BCUT2D eigenvalue weighted by atomic mass is 10.1. The van der Waals surface area contributed by atoms with Gasteiger partial charge < -0.3 is 20.3 Å². The second-order valence-electron chi connectivity index (χ2n) is 7.02. The van der Waals surface area contributed by atoms with E-state index in [1.807, 2.05) is 0 Å². The van der Waals surface area contributed by atoms with Crippen LogP contribution in [-0.4, -0.2) is 36.8 Å². The first-order chi connectivity index (χ1) is 14.0. The summed E-state index contributed by atoms with van der Waals surface area (Å²) in [6.45, 7) is 6.06. The van der Waals surface area contributed by atoms with E-state index in [2.05, 4.69) is 46.7 Å². The molecule has 0 aromatic heterocycles. The van der Waals surface area contributed by atoms with Crippen LogP contribution in [0, 0.1) is 0 Å². The third-order valence-electron chi connectivity index (χ3n) is 4.93. The van der Waals surface area contributed by atoms with Gasteiger partial charge in [0, 0.05) is 30.5 Å². The van der Waals surface area contributed by atoms with Crippen LogP contribution in [0.3, 0.4) is 0 Å². The van der Waals surface area contributed by atoms with Gasteiger partial charge in [0.05, 0.1) is 17.2 Å². The van der Waals surface area contributed by atoms with Crippen LogP contribution in [-0.2, 0) is 11.2 Å². The van der Waals surface area contributed by atoms with E-state index in [9.17, 15) is 4.79 Å². The van der Waals surface area contributed by atoms with Gasteiger partial charge in [-0.25, -0.2) is 4.79 Å². The molecule has 0 saturated heterocycles. The van der Waals surface area contributed by atoms with E-state index in [1.54, 1.807) is 25.1 Å². The van der Waals surface area contributed by atoms with Crippen LogP contribution >= 0.6 is 23.8 Å². The van der Waals surface area contributed by atoms with Gasteiger partial charge in [-0.2, -0.15) is 0 Å².